The van der Waals surface area contributed by atoms with Gasteiger partial charge in [-0.15, -0.1) is 6.42 Å². The van der Waals surface area contributed by atoms with Crippen molar-refractivity contribution in [2.45, 2.75) is 19.1 Å². The quantitative estimate of drug-likeness (QED) is 0.346. The molecule has 0 amide bonds. The lowest BCUT2D eigenvalue weighted by Crippen LogP contribution is -2.02. The van der Waals surface area contributed by atoms with Crippen LogP contribution in [0.2, 0.25) is 0 Å². The zero-order chi connectivity index (χ0) is 9.78. The van der Waals surface area contributed by atoms with Crippen molar-refractivity contribution in [1.29, 1.82) is 0 Å². The van der Waals surface area contributed by atoms with Crippen molar-refractivity contribution in [3.63, 3.8) is 0 Å². The van der Waals surface area contributed by atoms with Crippen molar-refractivity contribution >= 4 is 19.3 Å². The molecule has 0 saturated carbocycles. The van der Waals surface area contributed by atoms with E-state index >= 15 is 0 Å². The largest absolute Gasteiger partial charge is 0.108 e. The van der Waals surface area contributed by atoms with Gasteiger partial charge >= 0.3 is 0 Å². The standard InChI is InChI=1S/C11H14S/c1-7-12(8-2,9-3)11(6)10(4)5/h1,11H,2-4H2,5-6H3. The van der Waals surface area contributed by atoms with Gasteiger partial charge in [-0.3, -0.25) is 0 Å². The minimum atomic E-state index is -1.58. The topological polar surface area (TPSA) is 0 Å². The molecule has 1 heteroatoms. The Kier molecular flexibility index (Phi) is 3.74. The van der Waals surface area contributed by atoms with E-state index in [1.165, 1.54) is 0 Å². The molecule has 0 aromatic rings. The Morgan fingerprint density at radius 1 is 1.42 bits per heavy atom. The van der Waals surface area contributed by atoms with Gasteiger partial charge in [0.1, 0.15) is 0 Å². The van der Waals surface area contributed by atoms with Crippen molar-refractivity contribution in [1.82, 2.24) is 0 Å². The summed E-state index contributed by atoms with van der Waals surface area (Å²) >= 11 is 0. The number of hydrogen-bond donors (Lipinski definition) is 0. The van der Waals surface area contributed by atoms with Crippen LogP contribution in [0, 0.1) is 11.7 Å². The van der Waals surface area contributed by atoms with Crippen LogP contribution in [-0.2, 0) is 0 Å². The summed E-state index contributed by atoms with van der Waals surface area (Å²) < 4.78 is 0. The fourth-order valence-corrected chi connectivity index (χ4v) is 2.36. The van der Waals surface area contributed by atoms with Gasteiger partial charge in [0.25, 0.3) is 0 Å². The molecule has 0 aliphatic heterocycles. The summed E-state index contributed by atoms with van der Waals surface area (Å²) in [6.45, 7) is 15.0. The average Bonchev–Trinajstić information content (AvgIpc) is 2.08. The third-order valence-corrected chi connectivity index (χ3v) is 4.61. The minimum absolute atomic E-state index is 0.164. The molecule has 0 N–H and O–H groups in total. The van der Waals surface area contributed by atoms with Crippen LogP contribution in [0.5, 0.6) is 0 Å². The maximum Gasteiger partial charge on any atom is 0.0367 e. The van der Waals surface area contributed by atoms with E-state index in [9.17, 15) is 0 Å². The molecule has 0 heterocycles. The molecular weight excluding hydrogens is 164 g/mol. The van der Waals surface area contributed by atoms with Crippen molar-refractivity contribution in [3.8, 4) is 11.7 Å². The summed E-state index contributed by atoms with van der Waals surface area (Å²) in [6, 6.07) is 0. The van der Waals surface area contributed by atoms with Gasteiger partial charge in [-0.05, 0) is 32.3 Å². The minimum Gasteiger partial charge on any atom is -0.108 e. The Labute approximate surface area is 75.8 Å². The van der Waals surface area contributed by atoms with E-state index < -0.39 is 9.21 Å². The second-order valence-corrected chi connectivity index (χ2v) is 5.39. The van der Waals surface area contributed by atoms with Gasteiger partial charge in [0.2, 0.25) is 0 Å². The molecule has 0 rings (SSSR count). The Hall–Kier alpha value is -1.05. The Balaban J connectivity index is 5.72. The number of hydrogen-bond acceptors (Lipinski definition) is 0. The van der Waals surface area contributed by atoms with Crippen molar-refractivity contribution in [3.05, 3.63) is 25.3 Å². The molecule has 1 unspecified atom stereocenters. The summed E-state index contributed by atoms with van der Waals surface area (Å²) in [5.74, 6) is 0. The average molecular weight is 178 g/mol. The van der Waals surface area contributed by atoms with Gasteiger partial charge in [0.05, 0.1) is 0 Å². The molecule has 0 nitrogen and oxygen atoms in total. The zero-order valence-electron chi connectivity index (χ0n) is 7.68. The summed E-state index contributed by atoms with van der Waals surface area (Å²) in [6.07, 6.45) is 5.41. The monoisotopic (exact) mass is 178 g/mol. The van der Waals surface area contributed by atoms with E-state index in [0.29, 0.717) is 0 Å². The fraction of sp³-hybridized carbons (Fsp3) is 0.273. The third-order valence-electron chi connectivity index (χ3n) is 1.87. The lowest BCUT2D eigenvalue weighted by Gasteiger charge is -2.15. The summed E-state index contributed by atoms with van der Waals surface area (Å²) in [5.41, 5.74) is 1.02. The first-order chi connectivity index (χ1) is 5.54. The first-order valence-electron chi connectivity index (χ1n) is 3.56. The SMILES string of the molecule is C#CS(=C=C)(=C=C)C(C)C(=C)C. The second kappa shape index (κ2) is 4.10. The number of rotatable bonds is 2. The van der Waals surface area contributed by atoms with E-state index in [0.717, 1.165) is 5.57 Å². The molecule has 0 saturated heterocycles. The van der Waals surface area contributed by atoms with Crippen LogP contribution in [0.25, 0.3) is 0 Å². The summed E-state index contributed by atoms with van der Waals surface area (Å²) in [4.78, 5) is 0. The first kappa shape index (κ1) is 11.0. The van der Waals surface area contributed by atoms with Crippen LogP contribution in [0.3, 0.4) is 0 Å². The Morgan fingerprint density at radius 3 is 1.92 bits per heavy atom. The molecular formula is C11H14S. The highest BCUT2D eigenvalue weighted by Gasteiger charge is 2.09. The predicted molar refractivity (Wildman–Crippen MR) is 62.0 cm³/mol. The summed E-state index contributed by atoms with van der Waals surface area (Å²) in [7, 11) is -1.58. The van der Waals surface area contributed by atoms with Crippen molar-refractivity contribution in [2.24, 2.45) is 0 Å². The number of terminal acetylenes is 1. The normalized spacial score (nSPS) is 12.1. The highest BCUT2D eigenvalue weighted by Crippen LogP contribution is 2.30. The Bertz CT molecular complexity index is 365. The van der Waals surface area contributed by atoms with Gasteiger partial charge in [0, 0.05) is 5.25 Å². The van der Waals surface area contributed by atoms with Gasteiger partial charge in [-0.2, -0.15) is 0 Å². The van der Waals surface area contributed by atoms with Crippen LogP contribution in [0.4, 0.5) is 0 Å². The molecule has 1 atom stereocenters. The molecule has 12 heavy (non-hydrogen) atoms. The highest BCUT2D eigenvalue weighted by molar-refractivity contribution is 8.32. The van der Waals surface area contributed by atoms with E-state index in [4.69, 9.17) is 6.42 Å². The molecule has 0 aromatic carbocycles. The maximum atomic E-state index is 5.41. The van der Waals surface area contributed by atoms with Crippen LogP contribution < -0.4 is 0 Å². The molecule has 0 aliphatic rings. The fourth-order valence-electron chi connectivity index (χ4n) is 0.788. The van der Waals surface area contributed by atoms with Crippen molar-refractivity contribution < 1.29 is 0 Å². The Morgan fingerprint density at radius 2 is 1.83 bits per heavy atom. The van der Waals surface area contributed by atoms with Gasteiger partial charge < -0.3 is 0 Å². The first-order valence-corrected chi connectivity index (χ1v) is 5.26. The molecule has 0 radical (unpaired) electrons. The lowest BCUT2D eigenvalue weighted by atomic mass is 10.3. The van der Waals surface area contributed by atoms with Gasteiger partial charge in [-0.25, -0.2) is 0 Å². The van der Waals surface area contributed by atoms with E-state index in [1.807, 2.05) is 13.8 Å². The van der Waals surface area contributed by atoms with Crippen LogP contribution in [0.1, 0.15) is 13.8 Å². The lowest BCUT2D eigenvalue weighted by molar-refractivity contribution is 1.13. The molecule has 64 valence electrons. The molecule has 0 aliphatic carbocycles. The second-order valence-electron chi connectivity index (χ2n) is 2.55. The van der Waals surface area contributed by atoms with E-state index in [1.54, 1.807) is 0 Å². The summed E-state index contributed by atoms with van der Waals surface area (Å²) in [5, 5.41) is 8.55. The molecule has 0 fully saturated rings. The molecule has 0 bridgehead atoms. The zero-order valence-corrected chi connectivity index (χ0v) is 8.50. The molecule has 0 spiro atoms. The maximum absolute atomic E-state index is 5.41. The van der Waals surface area contributed by atoms with Crippen LogP contribution in [0.15, 0.2) is 25.3 Å². The molecule has 0 aromatic heterocycles. The third kappa shape index (κ3) is 1.76. The highest BCUT2D eigenvalue weighted by atomic mass is 32.2. The smallest absolute Gasteiger partial charge is 0.0367 e. The van der Waals surface area contributed by atoms with Crippen molar-refractivity contribution in [2.75, 3.05) is 0 Å². The van der Waals surface area contributed by atoms with E-state index in [-0.39, 0.29) is 5.25 Å². The predicted octanol–water partition coefficient (Wildman–Crippen LogP) is 2.52. The van der Waals surface area contributed by atoms with Gasteiger partial charge in [-0.1, -0.05) is 31.4 Å². The van der Waals surface area contributed by atoms with Crippen LogP contribution >= 0.6 is 9.21 Å². The van der Waals surface area contributed by atoms with Gasteiger partial charge in [0.15, 0.2) is 0 Å². The van der Waals surface area contributed by atoms with E-state index in [2.05, 4.69) is 35.0 Å². The van der Waals surface area contributed by atoms with Crippen LogP contribution in [-0.4, -0.2) is 15.3 Å².